The molecule has 1 aromatic carbocycles. The molecule has 1 amide bonds. The van der Waals surface area contributed by atoms with Crippen molar-refractivity contribution in [3.8, 4) is 0 Å². The highest BCUT2D eigenvalue weighted by Gasteiger charge is 2.19. The van der Waals surface area contributed by atoms with Crippen LogP contribution in [0.2, 0.25) is 0 Å². The van der Waals surface area contributed by atoms with E-state index in [9.17, 15) is 4.79 Å². The van der Waals surface area contributed by atoms with Gasteiger partial charge in [-0.3, -0.25) is 0 Å². The number of ether oxygens (including phenoxy) is 2. The summed E-state index contributed by atoms with van der Waals surface area (Å²) in [5, 5.41) is 0. The molecule has 0 fully saturated rings. The van der Waals surface area contributed by atoms with E-state index in [1.165, 1.54) is 4.90 Å². The maximum Gasteiger partial charge on any atom is 0.410 e. The smallest absolute Gasteiger partial charge is 0.410 e. The molecule has 0 spiro atoms. The van der Waals surface area contributed by atoms with Gasteiger partial charge >= 0.3 is 6.09 Å². The van der Waals surface area contributed by atoms with Crippen LogP contribution in [0.15, 0.2) is 28.7 Å². The molecule has 0 aliphatic carbocycles. The van der Waals surface area contributed by atoms with Gasteiger partial charge in [-0.25, -0.2) is 4.79 Å². The molecule has 1 rings (SSSR count). The summed E-state index contributed by atoms with van der Waals surface area (Å²) in [4.78, 5) is 13.2. The van der Waals surface area contributed by atoms with Crippen LogP contribution < -0.4 is 0 Å². The zero-order valence-corrected chi connectivity index (χ0v) is 14.1. The molecule has 0 heterocycles. The zero-order chi connectivity index (χ0) is 15.2. The van der Waals surface area contributed by atoms with Crippen molar-refractivity contribution in [1.29, 1.82) is 0 Å². The van der Waals surface area contributed by atoms with E-state index in [1.807, 2.05) is 45.0 Å². The summed E-state index contributed by atoms with van der Waals surface area (Å²) in [6.07, 6.45) is -0.330. The van der Waals surface area contributed by atoms with Gasteiger partial charge in [-0.1, -0.05) is 28.1 Å². The van der Waals surface area contributed by atoms with Gasteiger partial charge in [0.2, 0.25) is 0 Å². The van der Waals surface area contributed by atoms with E-state index in [0.717, 1.165) is 10.0 Å². The third-order valence-electron chi connectivity index (χ3n) is 2.43. The number of rotatable bonds is 5. The average molecular weight is 344 g/mol. The van der Waals surface area contributed by atoms with Crippen molar-refractivity contribution in [2.75, 3.05) is 20.2 Å². The standard InChI is InChI=1S/C15H22BrNO3/c1-15(2,3)20-14(18)17(4)8-9-19-11-12-6-5-7-13(16)10-12/h5-7,10H,8-9,11H2,1-4H3. The Kier molecular flexibility index (Phi) is 6.49. The maximum atomic E-state index is 11.7. The van der Waals surface area contributed by atoms with Gasteiger partial charge in [0, 0.05) is 18.1 Å². The van der Waals surface area contributed by atoms with Gasteiger partial charge in [-0.15, -0.1) is 0 Å². The Morgan fingerprint density at radius 3 is 2.65 bits per heavy atom. The molecule has 0 unspecified atom stereocenters. The van der Waals surface area contributed by atoms with Crippen molar-refractivity contribution in [3.63, 3.8) is 0 Å². The Hall–Kier alpha value is -1.07. The van der Waals surface area contributed by atoms with Crippen LogP contribution in [0.4, 0.5) is 4.79 Å². The van der Waals surface area contributed by atoms with E-state index < -0.39 is 5.60 Å². The lowest BCUT2D eigenvalue weighted by atomic mass is 10.2. The first-order valence-corrected chi connectivity index (χ1v) is 7.33. The van der Waals surface area contributed by atoms with E-state index in [0.29, 0.717) is 19.8 Å². The molecule has 0 saturated carbocycles. The van der Waals surface area contributed by atoms with E-state index >= 15 is 0 Å². The van der Waals surface area contributed by atoms with Crippen LogP contribution in [0.1, 0.15) is 26.3 Å². The Balaban J connectivity index is 2.25. The second-order valence-corrected chi connectivity index (χ2v) is 6.50. The highest BCUT2D eigenvalue weighted by Crippen LogP contribution is 2.12. The fourth-order valence-corrected chi connectivity index (χ4v) is 1.90. The molecule has 0 saturated heterocycles. The topological polar surface area (TPSA) is 38.8 Å². The number of carbonyl (C=O) groups excluding carboxylic acids is 1. The molecular formula is C15H22BrNO3. The highest BCUT2D eigenvalue weighted by molar-refractivity contribution is 9.10. The molecular weight excluding hydrogens is 322 g/mol. The van der Waals surface area contributed by atoms with Crippen LogP contribution in [0.3, 0.4) is 0 Å². The minimum atomic E-state index is -0.470. The van der Waals surface area contributed by atoms with Crippen molar-refractivity contribution in [2.45, 2.75) is 33.0 Å². The maximum absolute atomic E-state index is 11.7. The number of amides is 1. The minimum absolute atomic E-state index is 0.330. The van der Waals surface area contributed by atoms with Gasteiger partial charge in [-0.05, 0) is 38.5 Å². The van der Waals surface area contributed by atoms with Gasteiger partial charge < -0.3 is 14.4 Å². The second-order valence-electron chi connectivity index (χ2n) is 5.58. The lowest BCUT2D eigenvalue weighted by Gasteiger charge is -2.24. The molecule has 0 atom stereocenters. The predicted molar refractivity (Wildman–Crippen MR) is 82.7 cm³/mol. The lowest BCUT2D eigenvalue weighted by Crippen LogP contribution is -2.36. The van der Waals surface area contributed by atoms with Crippen molar-refractivity contribution in [1.82, 2.24) is 4.90 Å². The first kappa shape index (κ1) is 17.0. The molecule has 5 heteroatoms. The molecule has 1 aromatic rings. The summed E-state index contributed by atoms with van der Waals surface area (Å²) < 4.78 is 11.8. The van der Waals surface area contributed by atoms with Crippen LogP contribution in [0.5, 0.6) is 0 Å². The predicted octanol–water partition coefficient (Wildman–Crippen LogP) is 3.83. The number of benzene rings is 1. The number of hydrogen-bond donors (Lipinski definition) is 0. The van der Waals surface area contributed by atoms with E-state index in [-0.39, 0.29) is 6.09 Å². The Bertz CT molecular complexity index is 443. The van der Waals surface area contributed by atoms with E-state index in [4.69, 9.17) is 9.47 Å². The van der Waals surface area contributed by atoms with Gasteiger partial charge in [-0.2, -0.15) is 0 Å². The summed E-state index contributed by atoms with van der Waals surface area (Å²) >= 11 is 3.42. The first-order chi connectivity index (χ1) is 9.28. The zero-order valence-electron chi connectivity index (χ0n) is 12.5. The highest BCUT2D eigenvalue weighted by atomic mass is 79.9. The van der Waals surface area contributed by atoms with Crippen LogP contribution >= 0.6 is 15.9 Å². The second kappa shape index (κ2) is 7.64. The molecule has 20 heavy (non-hydrogen) atoms. The minimum Gasteiger partial charge on any atom is -0.444 e. The van der Waals surface area contributed by atoms with E-state index in [1.54, 1.807) is 7.05 Å². The third-order valence-corrected chi connectivity index (χ3v) is 2.93. The first-order valence-electron chi connectivity index (χ1n) is 6.54. The molecule has 0 bridgehead atoms. The quantitative estimate of drug-likeness (QED) is 0.762. The largest absolute Gasteiger partial charge is 0.444 e. The van der Waals surface area contributed by atoms with Gasteiger partial charge in [0.1, 0.15) is 5.60 Å². The van der Waals surface area contributed by atoms with Crippen molar-refractivity contribution < 1.29 is 14.3 Å². The molecule has 0 aliphatic rings. The normalized spacial score (nSPS) is 11.2. The van der Waals surface area contributed by atoms with E-state index in [2.05, 4.69) is 15.9 Å². The molecule has 0 aliphatic heterocycles. The third kappa shape index (κ3) is 6.91. The van der Waals surface area contributed by atoms with Gasteiger partial charge in [0.25, 0.3) is 0 Å². The Labute approximate surface area is 129 Å². The monoisotopic (exact) mass is 343 g/mol. The number of likely N-dealkylation sites (N-methyl/N-ethyl adjacent to an activating group) is 1. The van der Waals surface area contributed by atoms with Gasteiger partial charge in [0.05, 0.1) is 13.2 Å². The fourth-order valence-electron chi connectivity index (χ4n) is 1.45. The summed E-state index contributed by atoms with van der Waals surface area (Å²) in [7, 11) is 1.70. The number of halogens is 1. The lowest BCUT2D eigenvalue weighted by molar-refractivity contribution is 0.0221. The Morgan fingerprint density at radius 2 is 2.05 bits per heavy atom. The number of hydrogen-bond acceptors (Lipinski definition) is 3. The van der Waals surface area contributed by atoms with Crippen molar-refractivity contribution in [3.05, 3.63) is 34.3 Å². The molecule has 112 valence electrons. The fraction of sp³-hybridized carbons (Fsp3) is 0.533. The molecule has 0 aromatic heterocycles. The Morgan fingerprint density at radius 1 is 1.35 bits per heavy atom. The SMILES string of the molecule is CN(CCOCc1cccc(Br)c1)C(=O)OC(C)(C)C. The van der Waals surface area contributed by atoms with Crippen molar-refractivity contribution in [2.24, 2.45) is 0 Å². The summed E-state index contributed by atoms with van der Waals surface area (Å²) in [5.74, 6) is 0. The molecule has 0 radical (unpaired) electrons. The molecule has 0 N–H and O–H groups in total. The van der Waals surface area contributed by atoms with Crippen molar-refractivity contribution >= 4 is 22.0 Å². The summed E-state index contributed by atoms with van der Waals surface area (Å²) in [6, 6.07) is 7.95. The number of nitrogens with zero attached hydrogens (tertiary/aromatic N) is 1. The van der Waals surface area contributed by atoms with Crippen LogP contribution in [0.25, 0.3) is 0 Å². The number of carbonyl (C=O) groups is 1. The summed E-state index contributed by atoms with van der Waals surface area (Å²) in [6.45, 7) is 7.06. The van der Waals surface area contributed by atoms with Crippen LogP contribution in [-0.2, 0) is 16.1 Å². The van der Waals surface area contributed by atoms with Gasteiger partial charge in [0.15, 0.2) is 0 Å². The van der Waals surface area contributed by atoms with Crippen LogP contribution in [0, 0.1) is 0 Å². The molecule has 4 nitrogen and oxygen atoms in total. The van der Waals surface area contributed by atoms with Crippen LogP contribution in [-0.4, -0.2) is 36.8 Å². The average Bonchev–Trinajstić information content (AvgIpc) is 2.32. The summed E-state index contributed by atoms with van der Waals surface area (Å²) in [5.41, 5.74) is 0.627.